The van der Waals surface area contributed by atoms with Gasteiger partial charge in [-0.2, -0.15) is 0 Å². The standard InChI is InChI=1S/C12H8F3N3O/c13-6-4-8(15)10(5-7(6)14)18-12(19)9-2-1-3-11(16)17-9/h1-5H,(H2,16,17)(H,18,19). The zero-order valence-corrected chi connectivity index (χ0v) is 9.45. The van der Waals surface area contributed by atoms with Crippen LogP contribution in [-0.4, -0.2) is 10.9 Å². The molecule has 98 valence electrons. The molecule has 0 unspecified atom stereocenters. The van der Waals surface area contributed by atoms with Crippen LogP contribution in [0, 0.1) is 17.5 Å². The third-order valence-corrected chi connectivity index (χ3v) is 2.26. The normalized spacial score (nSPS) is 10.3. The number of nitrogens with one attached hydrogen (secondary N) is 1. The smallest absolute Gasteiger partial charge is 0.274 e. The van der Waals surface area contributed by atoms with Crippen molar-refractivity contribution in [3.05, 3.63) is 53.5 Å². The summed E-state index contributed by atoms with van der Waals surface area (Å²) in [7, 11) is 0. The molecule has 2 rings (SSSR count). The Morgan fingerprint density at radius 2 is 1.79 bits per heavy atom. The number of amides is 1. The Morgan fingerprint density at radius 1 is 1.11 bits per heavy atom. The highest BCUT2D eigenvalue weighted by Crippen LogP contribution is 2.19. The minimum atomic E-state index is -1.34. The predicted molar refractivity (Wildman–Crippen MR) is 62.9 cm³/mol. The molecule has 0 aliphatic carbocycles. The van der Waals surface area contributed by atoms with Gasteiger partial charge in [0.15, 0.2) is 11.6 Å². The van der Waals surface area contributed by atoms with Crippen molar-refractivity contribution in [2.24, 2.45) is 0 Å². The minimum absolute atomic E-state index is 0.0656. The van der Waals surface area contributed by atoms with Crippen LogP contribution in [0.1, 0.15) is 10.5 Å². The summed E-state index contributed by atoms with van der Waals surface area (Å²) >= 11 is 0. The fourth-order valence-electron chi connectivity index (χ4n) is 1.38. The number of hydrogen-bond donors (Lipinski definition) is 2. The first-order valence-corrected chi connectivity index (χ1v) is 5.16. The van der Waals surface area contributed by atoms with Crippen molar-refractivity contribution in [2.75, 3.05) is 11.1 Å². The van der Waals surface area contributed by atoms with Gasteiger partial charge < -0.3 is 11.1 Å². The lowest BCUT2D eigenvalue weighted by atomic mass is 10.2. The van der Waals surface area contributed by atoms with Gasteiger partial charge in [0.25, 0.3) is 5.91 Å². The molecule has 0 saturated heterocycles. The van der Waals surface area contributed by atoms with E-state index in [0.29, 0.717) is 12.1 Å². The zero-order valence-electron chi connectivity index (χ0n) is 9.45. The van der Waals surface area contributed by atoms with Crippen LogP contribution in [0.3, 0.4) is 0 Å². The SMILES string of the molecule is Nc1cccc(C(=O)Nc2cc(F)c(F)cc2F)n1. The van der Waals surface area contributed by atoms with Gasteiger partial charge in [0.05, 0.1) is 5.69 Å². The maximum atomic E-state index is 13.3. The van der Waals surface area contributed by atoms with Crippen LogP contribution >= 0.6 is 0 Å². The van der Waals surface area contributed by atoms with E-state index >= 15 is 0 Å². The molecule has 1 heterocycles. The number of pyridine rings is 1. The molecule has 7 heteroatoms. The Labute approximate surface area is 106 Å². The number of nitrogen functional groups attached to an aromatic ring is 1. The number of carbonyl (C=O) groups is 1. The Bertz CT molecular complexity index is 646. The van der Waals surface area contributed by atoms with Crippen LogP contribution in [0.15, 0.2) is 30.3 Å². The summed E-state index contributed by atoms with van der Waals surface area (Å²) in [5.74, 6) is -4.36. The minimum Gasteiger partial charge on any atom is -0.384 e. The average Bonchev–Trinajstić information content (AvgIpc) is 2.36. The molecule has 1 aromatic heterocycles. The molecule has 2 aromatic rings. The van der Waals surface area contributed by atoms with Gasteiger partial charge in [-0.25, -0.2) is 18.2 Å². The van der Waals surface area contributed by atoms with Crippen LogP contribution < -0.4 is 11.1 Å². The molecule has 0 aliphatic heterocycles. The average molecular weight is 267 g/mol. The van der Waals surface area contributed by atoms with E-state index in [0.717, 1.165) is 0 Å². The summed E-state index contributed by atoms with van der Waals surface area (Å²) in [4.78, 5) is 15.4. The van der Waals surface area contributed by atoms with Crippen molar-refractivity contribution in [1.29, 1.82) is 0 Å². The predicted octanol–water partition coefficient (Wildman–Crippen LogP) is 2.33. The van der Waals surface area contributed by atoms with Crippen LogP contribution in [0.2, 0.25) is 0 Å². The van der Waals surface area contributed by atoms with E-state index in [4.69, 9.17) is 5.73 Å². The molecular weight excluding hydrogens is 259 g/mol. The number of carbonyl (C=O) groups excluding carboxylic acids is 1. The number of rotatable bonds is 2. The van der Waals surface area contributed by atoms with Gasteiger partial charge in [0, 0.05) is 12.1 Å². The van der Waals surface area contributed by atoms with Crippen molar-refractivity contribution in [2.45, 2.75) is 0 Å². The topological polar surface area (TPSA) is 68.0 Å². The van der Waals surface area contributed by atoms with Crippen LogP contribution in [0.4, 0.5) is 24.7 Å². The highest BCUT2D eigenvalue weighted by atomic mass is 19.2. The largest absolute Gasteiger partial charge is 0.384 e. The maximum Gasteiger partial charge on any atom is 0.274 e. The van der Waals surface area contributed by atoms with E-state index in [1.807, 2.05) is 0 Å². The second-order valence-corrected chi connectivity index (χ2v) is 3.65. The molecule has 1 amide bonds. The molecule has 1 aromatic carbocycles. The number of nitrogens with zero attached hydrogens (tertiary/aromatic N) is 1. The van der Waals surface area contributed by atoms with Gasteiger partial charge in [-0.3, -0.25) is 4.79 Å². The molecule has 0 saturated carbocycles. The first-order valence-electron chi connectivity index (χ1n) is 5.16. The molecular formula is C12H8F3N3O. The van der Waals surface area contributed by atoms with Crippen LogP contribution in [-0.2, 0) is 0 Å². The number of halogens is 3. The molecule has 0 atom stereocenters. The Morgan fingerprint density at radius 3 is 2.47 bits per heavy atom. The summed E-state index contributed by atoms with van der Waals surface area (Å²) in [5.41, 5.74) is 4.84. The molecule has 0 bridgehead atoms. The highest BCUT2D eigenvalue weighted by Gasteiger charge is 2.14. The fourth-order valence-corrected chi connectivity index (χ4v) is 1.38. The van der Waals surface area contributed by atoms with Crippen molar-refractivity contribution in [1.82, 2.24) is 4.98 Å². The van der Waals surface area contributed by atoms with E-state index in [-0.39, 0.29) is 11.5 Å². The van der Waals surface area contributed by atoms with Gasteiger partial charge in [0.2, 0.25) is 0 Å². The Kier molecular flexibility index (Phi) is 3.37. The van der Waals surface area contributed by atoms with E-state index in [1.165, 1.54) is 18.2 Å². The van der Waals surface area contributed by atoms with Gasteiger partial charge >= 0.3 is 0 Å². The van der Waals surface area contributed by atoms with E-state index < -0.39 is 29.0 Å². The summed E-state index contributed by atoms with van der Waals surface area (Å²) in [6.07, 6.45) is 0. The van der Waals surface area contributed by atoms with Crippen molar-refractivity contribution >= 4 is 17.4 Å². The van der Waals surface area contributed by atoms with Crippen LogP contribution in [0.5, 0.6) is 0 Å². The van der Waals surface area contributed by atoms with Gasteiger partial charge in [-0.05, 0) is 12.1 Å². The van der Waals surface area contributed by atoms with Crippen molar-refractivity contribution < 1.29 is 18.0 Å². The monoisotopic (exact) mass is 267 g/mol. The third-order valence-electron chi connectivity index (χ3n) is 2.26. The van der Waals surface area contributed by atoms with Crippen LogP contribution in [0.25, 0.3) is 0 Å². The highest BCUT2D eigenvalue weighted by molar-refractivity contribution is 6.03. The zero-order chi connectivity index (χ0) is 14.0. The Hall–Kier alpha value is -2.57. The molecule has 0 radical (unpaired) electrons. The summed E-state index contributed by atoms with van der Waals surface area (Å²) < 4.78 is 39.0. The van der Waals surface area contributed by atoms with Gasteiger partial charge in [-0.15, -0.1) is 0 Å². The van der Waals surface area contributed by atoms with E-state index in [1.54, 1.807) is 0 Å². The molecule has 0 fully saturated rings. The third kappa shape index (κ3) is 2.82. The van der Waals surface area contributed by atoms with E-state index in [2.05, 4.69) is 10.3 Å². The summed E-state index contributed by atoms with van der Waals surface area (Å²) in [5, 5.41) is 2.08. The maximum absolute atomic E-state index is 13.3. The Balaban J connectivity index is 2.27. The van der Waals surface area contributed by atoms with Gasteiger partial charge in [0.1, 0.15) is 17.3 Å². The lowest BCUT2D eigenvalue weighted by Crippen LogP contribution is -2.15. The number of aromatic nitrogens is 1. The second-order valence-electron chi connectivity index (χ2n) is 3.65. The summed E-state index contributed by atoms with van der Waals surface area (Å²) in [6.45, 7) is 0. The molecule has 19 heavy (non-hydrogen) atoms. The van der Waals surface area contributed by atoms with Crippen molar-refractivity contribution in [3.8, 4) is 0 Å². The number of nitrogens with two attached hydrogens (primary N) is 1. The fraction of sp³-hybridized carbons (Fsp3) is 0. The summed E-state index contributed by atoms with van der Waals surface area (Å²) in [6, 6.07) is 5.20. The van der Waals surface area contributed by atoms with E-state index in [9.17, 15) is 18.0 Å². The lowest BCUT2D eigenvalue weighted by Gasteiger charge is -2.06. The van der Waals surface area contributed by atoms with Gasteiger partial charge in [-0.1, -0.05) is 6.07 Å². The molecule has 3 N–H and O–H groups in total. The number of anilines is 2. The van der Waals surface area contributed by atoms with Crippen molar-refractivity contribution in [3.63, 3.8) is 0 Å². The number of hydrogen-bond acceptors (Lipinski definition) is 3. The second kappa shape index (κ2) is 4.97. The first-order chi connectivity index (χ1) is 8.97. The first kappa shape index (κ1) is 12.9. The molecule has 0 aliphatic rings. The molecule has 0 spiro atoms. The number of benzene rings is 1. The lowest BCUT2D eigenvalue weighted by molar-refractivity contribution is 0.102. The molecule has 4 nitrogen and oxygen atoms in total. The quantitative estimate of drug-likeness (QED) is 0.820.